The Morgan fingerprint density at radius 2 is 2.08 bits per heavy atom. The number of piperidine rings is 1. The number of carbonyl (C=O) groups is 1. The number of nitrogens with one attached hydrogen (secondary N) is 2. The van der Waals surface area contributed by atoms with E-state index in [1.807, 2.05) is 12.1 Å². The van der Waals surface area contributed by atoms with Crippen molar-refractivity contribution in [3.05, 3.63) is 40.3 Å². The average Bonchev–Trinajstić information content (AvgIpc) is 2.65. The van der Waals surface area contributed by atoms with Gasteiger partial charge in [0.15, 0.2) is 5.69 Å². The van der Waals surface area contributed by atoms with Crippen molar-refractivity contribution in [2.24, 2.45) is 5.92 Å². The molecule has 6 heteroatoms. The molecular formula is C20H28N4O2. The van der Waals surface area contributed by atoms with Crippen LogP contribution in [-0.4, -0.2) is 34.8 Å². The second-order valence-electron chi connectivity index (χ2n) is 7.18. The summed E-state index contributed by atoms with van der Waals surface area (Å²) in [5, 5.41) is 12.0. The number of aromatic nitrogens is 2. The third kappa shape index (κ3) is 3.96. The van der Waals surface area contributed by atoms with Crippen LogP contribution in [0.15, 0.2) is 29.1 Å². The summed E-state index contributed by atoms with van der Waals surface area (Å²) in [5.41, 5.74) is 0.218. The van der Waals surface area contributed by atoms with Crippen molar-refractivity contribution in [3.8, 4) is 0 Å². The van der Waals surface area contributed by atoms with Gasteiger partial charge in [-0.25, -0.2) is 4.68 Å². The number of carbonyl (C=O) groups excluding carboxylic acids is 1. The Hall–Kier alpha value is -2.21. The zero-order valence-electron chi connectivity index (χ0n) is 15.6. The summed E-state index contributed by atoms with van der Waals surface area (Å²) in [6.07, 6.45) is 4.03. The highest BCUT2D eigenvalue weighted by molar-refractivity contribution is 6.04. The number of aryl methyl sites for hydroxylation is 1. The maximum Gasteiger partial charge on any atom is 0.274 e. The number of fused-ring (bicyclic) bond motifs is 1. The molecule has 2 unspecified atom stereocenters. The molecule has 0 aliphatic carbocycles. The molecule has 1 saturated heterocycles. The second-order valence-corrected chi connectivity index (χ2v) is 7.18. The van der Waals surface area contributed by atoms with Gasteiger partial charge in [0.25, 0.3) is 11.5 Å². The molecule has 3 rings (SSSR count). The molecule has 2 heterocycles. The highest BCUT2D eigenvalue weighted by Crippen LogP contribution is 2.16. The Morgan fingerprint density at radius 3 is 2.81 bits per heavy atom. The predicted molar refractivity (Wildman–Crippen MR) is 103 cm³/mol. The van der Waals surface area contributed by atoms with E-state index in [0.717, 1.165) is 38.8 Å². The molecule has 1 aliphatic rings. The lowest BCUT2D eigenvalue weighted by Crippen LogP contribution is -2.50. The summed E-state index contributed by atoms with van der Waals surface area (Å²) in [4.78, 5) is 25.6. The quantitative estimate of drug-likeness (QED) is 0.779. The summed E-state index contributed by atoms with van der Waals surface area (Å²) in [7, 11) is 0. The van der Waals surface area contributed by atoms with Crippen LogP contribution in [0.2, 0.25) is 0 Å². The highest BCUT2D eigenvalue weighted by Gasteiger charge is 2.25. The number of benzene rings is 1. The third-order valence-corrected chi connectivity index (χ3v) is 5.20. The Bertz CT molecular complexity index is 830. The van der Waals surface area contributed by atoms with Gasteiger partial charge >= 0.3 is 0 Å². The molecule has 2 aromatic rings. The number of amides is 1. The van der Waals surface area contributed by atoms with Gasteiger partial charge < -0.3 is 10.6 Å². The van der Waals surface area contributed by atoms with E-state index < -0.39 is 0 Å². The van der Waals surface area contributed by atoms with E-state index in [2.05, 4.69) is 29.6 Å². The van der Waals surface area contributed by atoms with Crippen LogP contribution < -0.4 is 16.2 Å². The van der Waals surface area contributed by atoms with Crippen LogP contribution in [0.4, 0.5) is 0 Å². The molecule has 1 aliphatic heterocycles. The molecular weight excluding hydrogens is 328 g/mol. The zero-order chi connectivity index (χ0) is 18.5. The topological polar surface area (TPSA) is 76.0 Å². The first-order valence-electron chi connectivity index (χ1n) is 9.63. The largest absolute Gasteiger partial charge is 0.346 e. The maximum absolute atomic E-state index is 12.9. The monoisotopic (exact) mass is 356 g/mol. The van der Waals surface area contributed by atoms with Crippen molar-refractivity contribution in [3.63, 3.8) is 0 Å². The first kappa shape index (κ1) is 18.6. The Balaban J connectivity index is 1.93. The zero-order valence-corrected chi connectivity index (χ0v) is 15.6. The summed E-state index contributed by atoms with van der Waals surface area (Å²) in [6, 6.07) is 7.33. The van der Waals surface area contributed by atoms with Gasteiger partial charge in [-0.2, -0.15) is 5.10 Å². The summed E-state index contributed by atoms with van der Waals surface area (Å²) < 4.78 is 1.45. The number of unbranched alkanes of at least 4 members (excludes halogenated alkanes) is 2. The van der Waals surface area contributed by atoms with E-state index in [9.17, 15) is 9.59 Å². The van der Waals surface area contributed by atoms with Crippen molar-refractivity contribution >= 4 is 16.7 Å². The lowest BCUT2D eigenvalue weighted by molar-refractivity contribution is 0.0909. The van der Waals surface area contributed by atoms with Crippen LogP contribution in [-0.2, 0) is 6.54 Å². The SMILES string of the molecule is CCCCCn1nc(C(=O)NC2CNCCC2C)c2ccccc2c1=O. The molecule has 2 N–H and O–H groups in total. The number of hydrogen-bond acceptors (Lipinski definition) is 4. The number of nitrogens with zero attached hydrogens (tertiary/aromatic N) is 2. The molecule has 140 valence electrons. The lowest BCUT2D eigenvalue weighted by atomic mass is 9.94. The first-order valence-corrected chi connectivity index (χ1v) is 9.63. The van der Waals surface area contributed by atoms with E-state index in [1.165, 1.54) is 4.68 Å². The molecule has 26 heavy (non-hydrogen) atoms. The van der Waals surface area contributed by atoms with Crippen molar-refractivity contribution in [1.82, 2.24) is 20.4 Å². The predicted octanol–water partition coefficient (Wildman–Crippen LogP) is 2.31. The van der Waals surface area contributed by atoms with Crippen molar-refractivity contribution in [1.29, 1.82) is 0 Å². The molecule has 2 atom stereocenters. The van der Waals surface area contributed by atoms with Crippen LogP contribution in [0.3, 0.4) is 0 Å². The average molecular weight is 356 g/mol. The van der Waals surface area contributed by atoms with Gasteiger partial charge in [0.05, 0.1) is 5.39 Å². The van der Waals surface area contributed by atoms with E-state index in [1.54, 1.807) is 12.1 Å². The van der Waals surface area contributed by atoms with Crippen molar-refractivity contribution in [2.45, 2.75) is 52.1 Å². The standard InChI is InChI=1S/C20H28N4O2/c1-3-4-7-12-24-20(26)16-9-6-5-8-15(16)18(23-24)19(25)22-17-13-21-11-10-14(17)2/h5-6,8-9,14,17,21H,3-4,7,10-13H2,1-2H3,(H,22,25). The van der Waals surface area contributed by atoms with E-state index in [4.69, 9.17) is 0 Å². The fraction of sp³-hybridized carbons (Fsp3) is 0.550. The Kier molecular flexibility index (Phi) is 6.04. The molecule has 1 aromatic carbocycles. The molecule has 1 amide bonds. The lowest BCUT2D eigenvalue weighted by Gasteiger charge is -2.30. The minimum atomic E-state index is -0.203. The highest BCUT2D eigenvalue weighted by atomic mass is 16.2. The minimum Gasteiger partial charge on any atom is -0.346 e. The van der Waals surface area contributed by atoms with Gasteiger partial charge in [0.1, 0.15) is 0 Å². The van der Waals surface area contributed by atoms with Crippen LogP contribution in [0, 0.1) is 5.92 Å². The van der Waals surface area contributed by atoms with Crippen molar-refractivity contribution in [2.75, 3.05) is 13.1 Å². The Labute approximate surface area is 154 Å². The van der Waals surface area contributed by atoms with Gasteiger partial charge in [-0.05, 0) is 31.4 Å². The second kappa shape index (κ2) is 8.45. The molecule has 0 saturated carbocycles. The third-order valence-electron chi connectivity index (χ3n) is 5.20. The van der Waals surface area contributed by atoms with Crippen LogP contribution in [0.25, 0.3) is 10.8 Å². The van der Waals surface area contributed by atoms with E-state index >= 15 is 0 Å². The summed E-state index contributed by atoms with van der Waals surface area (Å²) in [6.45, 7) is 6.56. The molecule has 1 aromatic heterocycles. The van der Waals surface area contributed by atoms with Gasteiger partial charge in [0.2, 0.25) is 0 Å². The first-order chi connectivity index (χ1) is 12.6. The molecule has 0 spiro atoms. The fourth-order valence-corrected chi connectivity index (χ4v) is 3.49. The van der Waals surface area contributed by atoms with Gasteiger partial charge in [-0.15, -0.1) is 0 Å². The number of rotatable bonds is 6. The van der Waals surface area contributed by atoms with Crippen LogP contribution in [0.1, 0.15) is 50.0 Å². The Morgan fingerprint density at radius 1 is 1.31 bits per heavy atom. The van der Waals surface area contributed by atoms with Gasteiger partial charge in [0, 0.05) is 24.5 Å². The van der Waals surface area contributed by atoms with E-state index in [-0.39, 0.29) is 17.5 Å². The van der Waals surface area contributed by atoms with E-state index in [0.29, 0.717) is 28.9 Å². The normalized spacial score (nSPS) is 20.2. The molecule has 0 radical (unpaired) electrons. The van der Waals surface area contributed by atoms with Crippen LogP contribution >= 0.6 is 0 Å². The molecule has 6 nitrogen and oxygen atoms in total. The smallest absolute Gasteiger partial charge is 0.274 e. The molecule has 1 fully saturated rings. The van der Waals surface area contributed by atoms with Gasteiger partial charge in [-0.1, -0.05) is 44.9 Å². The van der Waals surface area contributed by atoms with Crippen LogP contribution in [0.5, 0.6) is 0 Å². The molecule has 0 bridgehead atoms. The summed E-state index contributed by atoms with van der Waals surface area (Å²) >= 11 is 0. The fourth-order valence-electron chi connectivity index (χ4n) is 3.49. The maximum atomic E-state index is 12.9. The minimum absolute atomic E-state index is 0.0808. The summed E-state index contributed by atoms with van der Waals surface area (Å²) in [5.74, 6) is 0.216. The van der Waals surface area contributed by atoms with Gasteiger partial charge in [-0.3, -0.25) is 9.59 Å². The number of hydrogen-bond donors (Lipinski definition) is 2. The van der Waals surface area contributed by atoms with Crippen molar-refractivity contribution < 1.29 is 4.79 Å².